The molecule has 0 saturated carbocycles. The van der Waals surface area contributed by atoms with Gasteiger partial charge in [0.05, 0.1) is 18.7 Å². The molecule has 2 heterocycles. The highest BCUT2D eigenvalue weighted by atomic mass is 16.5. The van der Waals surface area contributed by atoms with Crippen LogP contribution in [0.5, 0.6) is 5.75 Å². The van der Waals surface area contributed by atoms with Crippen LogP contribution >= 0.6 is 0 Å². The van der Waals surface area contributed by atoms with Crippen LogP contribution in [-0.2, 0) is 4.74 Å². The molecule has 2 aromatic rings. The first-order valence-corrected chi connectivity index (χ1v) is 6.35. The lowest BCUT2D eigenvalue weighted by molar-refractivity contribution is 0.0999. The number of hydrogen-bond donors (Lipinski definition) is 2. The first kappa shape index (κ1) is 12.7. The second-order valence-electron chi connectivity index (χ2n) is 4.73. The number of aromatic nitrogens is 1. The molecule has 3 N–H and O–H groups in total. The van der Waals surface area contributed by atoms with Crippen molar-refractivity contribution in [3.05, 3.63) is 40.2 Å². The van der Waals surface area contributed by atoms with E-state index in [-0.39, 0.29) is 11.7 Å². The summed E-state index contributed by atoms with van der Waals surface area (Å²) in [7, 11) is 0. The van der Waals surface area contributed by atoms with Crippen molar-refractivity contribution < 1.29 is 14.3 Å². The van der Waals surface area contributed by atoms with E-state index in [1.807, 2.05) is 0 Å². The van der Waals surface area contributed by atoms with Gasteiger partial charge < -0.3 is 20.2 Å². The second-order valence-corrected chi connectivity index (χ2v) is 4.73. The van der Waals surface area contributed by atoms with Crippen molar-refractivity contribution in [3.8, 4) is 5.75 Å². The van der Waals surface area contributed by atoms with Gasteiger partial charge in [0.1, 0.15) is 17.4 Å². The number of rotatable bonds is 3. The van der Waals surface area contributed by atoms with Gasteiger partial charge in [0.15, 0.2) is 0 Å². The minimum atomic E-state index is -0.739. The average Bonchev–Trinajstić information content (AvgIpc) is 2.90. The van der Waals surface area contributed by atoms with E-state index in [2.05, 4.69) is 4.98 Å². The topological polar surface area (TPSA) is 94.4 Å². The molecular weight excluding hydrogens is 260 g/mol. The van der Waals surface area contributed by atoms with E-state index in [0.29, 0.717) is 24.5 Å². The summed E-state index contributed by atoms with van der Waals surface area (Å²) in [4.78, 5) is 25.5. The number of nitrogens with two attached hydrogens (primary N) is 1. The second kappa shape index (κ2) is 4.97. The fourth-order valence-electron chi connectivity index (χ4n) is 2.23. The number of primary amides is 1. The number of pyridine rings is 1. The summed E-state index contributed by atoms with van der Waals surface area (Å²) in [6.07, 6.45) is 0.902. The van der Waals surface area contributed by atoms with Crippen molar-refractivity contribution >= 4 is 16.8 Å². The number of ether oxygens (including phenoxy) is 2. The Morgan fingerprint density at radius 1 is 1.40 bits per heavy atom. The van der Waals surface area contributed by atoms with Crippen LogP contribution in [0.2, 0.25) is 0 Å². The zero-order valence-electron chi connectivity index (χ0n) is 10.7. The third kappa shape index (κ3) is 2.37. The summed E-state index contributed by atoms with van der Waals surface area (Å²) in [5.41, 5.74) is 5.21. The Hall–Kier alpha value is -2.34. The predicted molar refractivity (Wildman–Crippen MR) is 72.9 cm³/mol. The molecule has 1 saturated heterocycles. The fraction of sp³-hybridized carbons (Fsp3) is 0.286. The highest BCUT2D eigenvalue weighted by Crippen LogP contribution is 2.21. The van der Waals surface area contributed by atoms with Gasteiger partial charge >= 0.3 is 0 Å². The maximum absolute atomic E-state index is 11.7. The Kier molecular flexibility index (Phi) is 3.15. The van der Waals surface area contributed by atoms with Crippen molar-refractivity contribution in [2.45, 2.75) is 12.5 Å². The van der Waals surface area contributed by atoms with Crippen LogP contribution in [0, 0.1) is 0 Å². The van der Waals surface area contributed by atoms with E-state index >= 15 is 0 Å². The minimum Gasteiger partial charge on any atom is -0.488 e. The molecule has 3 rings (SSSR count). The van der Waals surface area contributed by atoms with Crippen molar-refractivity contribution in [1.29, 1.82) is 0 Å². The van der Waals surface area contributed by atoms with Crippen LogP contribution in [0.1, 0.15) is 16.8 Å². The molecular formula is C14H14N2O4. The van der Waals surface area contributed by atoms with Crippen LogP contribution < -0.4 is 16.0 Å². The van der Waals surface area contributed by atoms with Crippen LogP contribution in [0.4, 0.5) is 0 Å². The maximum Gasteiger partial charge on any atom is 0.261 e. The molecule has 20 heavy (non-hydrogen) atoms. The molecule has 1 amide bonds. The van der Waals surface area contributed by atoms with Gasteiger partial charge in [0, 0.05) is 12.5 Å². The Bertz CT molecular complexity index is 717. The average molecular weight is 274 g/mol. The maximum atomic E-state index is 11.7. The number of nitrogens with one attached hydrogen (secondary N) is 1. The number of carbonyl (C=O) groups excluding carboxylic acids is 1. The van der Waals surface area contributed by atoms with Crippen molar-refractivity contribution in [2.75, 3.05) is 13.2 Å². The molecule has 104 valence electrons. The van der Waals surface area contributed by atoms with Crippen LogP contribution in [-0.4, -0.2) is 30.2 Å². The molecule has 1 unspecified atom stereocenters. The molecule has 1 aromatic heterocycles. The first-order valence-electron chi connectivity index (χ1n) is 6.35. The Morgan fingerprint density at radius 2 is 2.25 bits per heavy atom. The largest absolute Gasteiger partial charge is 0.488 e. The quantitative estimate of drug-likeness (QED) is 0.865. The van der Waals surface area contributed by atoms with Crippen LogP contribution in [0.25, 0.3) is 10.9 Å². The van der Waals surface area contributed by atoms with E-state index in [4.69, 9.17) is 15.2 Å². The van der Waals surface area contributed by atoms with Gasteiger partial charge in [-0.2, -0.15) is 0 Å². The van der Waals surface area contributed by atoms with Gasteiger partial charge in [-0.1, -0.05) is 0 Å². The molecule has 0 aliphatic carbocycles. The third-order valence-corrected chi connectivity index (χ3v) is 3.27. The number of amides is 1. The van der Waals surface area contributed by atoms with E-state index in [9.17, 15) is 9.59 Å². The highest BCUT2D eigenvalue weighted by molar-refractivity contribution is 5.96. The van der Waals surface area contributed by atoms with Gasteiger partial charge in [0.25, 0.3) is 11.5 Å². The molecule has 1 atom stereocenters. The summed E-state index contributed by atoms with van der Waals surface area (Å²) in [6, 6.07) is 6.80. The molecule has 0 spiro atoms. The summed E-state index contributed by atoms with van der Waals surface area (Å²) in [5, 5.41) is 0.730. The molecule has 1 aliphatic rings. The summed E-state index contributed by atoms with van der Waals surface area (Å²) in [6.45, 7) is 1.28. The molecule has 0 bridgehead atoms. The molecule has 0 radical (unpaired) electrons. The Labute approximate surface area is 114 Å². The summed E-state index contributed by atoms with van der Waals surface area (Å²) < 4.78 is 11.0. The van der Waals surface area contributed by atoms with E-state index in [0.717, 1.165) is 11.8 Å². The first-order chi connectivity index (χ1) is 9.63. The van der Waals surface area contributed by atoms with Gasteiger partial charge in [0.2, 0.25) is 0 Å². The zero-order chi connectivity index (χ0) is 14.1. The SMILES string of the molecule is NC(=O)c1cc2ccc(OC3CCOC3)cc2[nH]c1=O. The number of fused-ring (bicyclic) bond motifs is 1. The van der Waals surface area contributed by atoms with Crippen molar-refractivity contribution in [3.63, 3.8) is 0 Å². The Balaban J connectivity index is 1.96. The number of aromatic amines is 1. The lowest BCUT2D eigenvalue weighted by Crippen LogP contribution is -2.23. The van der Waals surface area contributed by atoms with Crippen molar-refractivity contribution in [2.24, 2.45) is 5.73 Å². The standard InChI is InChI=1S/C14H14N2O4/c15-13(17)11-5-8-1-2-9(6-12(8)16-14(11)18)20-10-3-4-19-7-10/h1-2,5-6,10H,3-4,7H2,(H2,15,17)(H,16,18). The summed E-state index contributed by atoms with van der Waals surface area (Å²) >= 11 is 0. The van der Waals surface area contributed by atoms with E-state index in [1.54, 1.807) is 18.2 Å². The smallest absolute Gasteiger partial charge is 0.261 e. The lowest BCUT2D eigenvalue weighted by Gasteiger charge is -2.12. The van der Waals surface area contributed by atoms with E-state index in [1.165, 1.54) is 6.07 Å². The normalized spacial score (nSPS) is 18.3. The Morgan fingerprint density at radius 3 is 2.95 bits per heavy atom. The monoisotopic (exact) mass is 274 g/mol. The molecule has 1 fully saturated rings. The van der Waals surface area contributed by atoms with Gasteiger partial charge in [-0.25, -0.2) is 0 Å². The predicted octanol–water partition coefficient (Wildman–Crippen LogP) is 0.795. The number of hydrogen-bond acceptors (Lipinski definition) is 4. The van der Waals surface area contributed by atoms with Crippen LogP contribution in [0.3, 0.4) is 0 Å². The molecule has 6 heteroatoms. The van der Waals surface area contributed by atoms with Gasteiger partial charge in [-0.05, 0) is 23.6 Å². The molecule has 1 aromatic carbocycles. The van der Waals surface area contributed by atoms with Crippen LogP contribution in [0.15, 0.2) is 29.1 Å². The number of H-pyrrole nitrogens is 1. The van der Waals surface area contributed by atoms with Crippen molar-refractivity contribution in [1.82, 2.24) is 4.98 Å². The van der Waals surface area contributed by atoms with Gasteiger partial charge in [-0.3, -0.25) is 9.59 Å². The zero-order valence-corrected chi connectivity index (χ0v) is 10.7. The lowest BCUT2D eigenvalue weighted by atomic mass is 10.1. The van der Waals surface area contributed by atoms with Gasteiger partial charge in [-0.15, -0.1) is 0 Å². The summed E-state index contributed by atoms with van der Waals surface area (Å²) in [5.74, 6) is -0.0768. The highest BCUT2D eigenvalue weighted by Gasteiger charge is 2.17. The number of carbonyl (C=O) groups is 1. The number of benzene rings is 1. The fourth-order valence-corrected chi connectivity index (χ4v) is 2.23. The molecule has 1 aliphatic heterocycles. The minimum absolute atomic E-state index is 0.0454. The third-order valence-electron chi connectivity index (χ3n) is 3.27. The van der Waals surface area contributed by atoms with E-state index < -0.39 is 11.5 Å². The molecule has 6 nitrogen and oxygen atoms in total.